The van der Waals surface area contributed by atoms with Crippen LogP contribution in [0.4, 0.5) is 0 Å². The van der Waals surface area contributed by atoms with Gasteiger partial charge < -0.3 is 14.6 Å². The van der Waals surface area contributed by atoms with Gasteiger partial charge in [-0.3, -0.25) is 0 Å². The van der Waals surface area contributed by atoms with Gasteiger partial charge in [-0.1, -0.05) is 35.6 Å². The van der Waals surface area contributed by atoms with Crippen LogP contribution in [0.3, 0.4) is 0 Å². The minimum Gasteiger partial charge on any atom is -0.391 e. The Balaban J connectivity index is 1.43. The average Bonchev–Trinajstić information content (AvgIpc) is 2.89. The smallest absolute Gasteiger partial charge is 0.183 e. The molecule has 6 nitrogen and oxygen atoms in total. The maximum absolute atomic E-state index is 9.60. The van der Waals surface area contributed by atoms with Gasteiger partial charge in [0.15, 0.2) is 5.72 Å². The lowest BCUT2D eigenvalue weighted by Gasteiger charge is -2.49. The first-order valence-electron chi connectivity index (χ1n) is 7.30. The molecule has 1 N–H and O–H groups in total. The summed E-state index contributed by atoms with van der Waals surface area (Å²) >= 11 is 0. The van der Waals surface area contributed by atoms with Crippen LogP contribution in [0.25, 0.3) is 0 Å². The standard InChI is InChI=1S/C15H21N3O3/c1-12-8-18(17-16-12)15(11-19)7-14(21-15)10-20-9-13-5-3-2-4-6-13/h2-6,12,14,19H,7-11H2,1H3. The van der Waals surface area contributed by atoms with Crippen LogP contribution in [0.15, 0.2) is 40.7 Å². The van der Waals surface area contributed by atoms with Crippen LogP contribution >= 0.6 is 0 Å². The largest absolute Gasteiger partial charge is 0.391 e. The summed E-state index contributed by atoms with van der Waals surface area (Å²) in [7, 11) is 0. The molecular formula is C15H21N3O3. The van der Waals surface area contributed by atoms with Crippen molar-refractivity contribution >= 4 is 0 Å². The summed E-state index contributed by atoms with van der Waals surface area (Å²) in [4.78, 5) is 0. The molecule has 0 radical (unpaired) electrons. The second-order valence-electron chi connectivity index (χ2n) is 5.69. The molecule has 1 saturated heterocycles. The molecule has 1 aromatic carbocycles. The van der Waals surface area contributed by atoms with Gasteiger partial charge in [0.1, 0.15) is 0 Å². The molecule has 3 rings (SSSR count). The van der Waals surface area contributed by atoms with Crippen LogP contribution in [0.2, 0.25) is 0 Å². The normalized spacial score (nSPS) is 31.4. The lowest BCUT2D eigenvalue weighted by atomic mass is 9.98. The Kier molecular flexibility index (Phi) is 4.19. The van der Waals surface area contributed by atoms with E-state index in [-0.39, 0.29) is 18.8 Å². The van der Waals surface area contributed by atoms with Gasteiger partial charge in [-0.15, -0.1) is 0 Å². The summed E-state index contributed by atoms with van der Waals surface area (Å²) in [5.41, 5.74) is 0.446. The number of hydrogen-bond donors (Lipinski definition) is 1. The Morgan fingerprint density at radius 2 is 2.19 bits per heavy atom. The fourth-order valence-corrected chi connectivity index (χ4v) is 2.70. The van der Waals surface area contributed by atoms with Crippen LogP contribution in [0.5, 0.6) is 0 Å². The van der Waals surface area contributed by atoms with Crippen LogP contribution in [-0.4, -0.2) is 47.7 Å². The van der Waals surface area contributed by atoms with Gasteiger partial charge in [-0.05, 0) is 12.5 Å². The van der Waals surface area contributed by atoms with Crippen molar-refractivity contribution in [1.29, 1.82) is 0 Å². The van der Waals surface area contributed by atoms with Gasteiger partial charge in [-0.2, -0.15) is 5.11 Å². The Morgan fingerprint density at radius 3 is 2.81 bits per heavy atom. The Bertz CT molecular complexity index is 488. The zero-order valence-corrected chi connectivity index (χ0v) is 12.2. The first-order chi connectivity index (χ1) is 10.2. The SMILES string of the molecule is CC1CN(C2(CO)CC(COCc3ccccc3)O2)N=N1. The van der Waals surface area contributed by atoms with Crippen molar-refractivity contribution in [2.24, 2.45) is 10.3 Å². The number of rotatable bonds is 6. The lowest BCUT2D eigenvalue weighted by Crippen LogP contribution is -2.63. The van der Waals surface area contributed by atoms with E-state index < -0.39 is 5.72 Å². The topological polar surface area (TPSA) is 66.7 Å². The molecule has 2 heterocycles. The third-order valence-corrected chi connectivity index (χ3v) is 3.86. The molecule has 2 aliphatic rings. The third-order valence-electron chi connectivity index (χ3n) is 3.86. The van der Waals surface area contributed by atoms with E-state index >= 15 is 0 Å². The number of benzene rings is 1. The van der Waals surface area contributed by atoms with E-state index in [4.69, 9.17) is 9.47 Å². The fraction of sp³-hybridized carbons (Fsp3) is 0.600. The van der Waals surface area contributed by atoms with Gasteiger partial charge in [0, 0.05) is 6.42 Å². The van der Waals surface area contributed by atoms with E-state index in [9.17, 15) is 5.11 Å². The summed E-state index contributed by atoms with van der Waals surface area (Å²) in [6.45, 7) is 3.71. The molecule has 1 aromatic rings. The molecule has 21 heavy (non-hydrogen) atoms. The van der Waals surface area contributed by atoms with Crippen molar-refractivity contribution in [2.75, 3.05) is 19.8 Å². The summed E-state index contributed by atoms with van der Waals surface area (Å²) in [5.74, 6) is 0. The molecule has 0 aliphatic carbocycles. The van der Waals surface area contributed by atoms with Crippen molar-refractivity contribution < 1.29 is 14.6 Å². The molecule has 1 fully saturated rings. The monoisotopic (exact) mass is 291 g/mol. The van der Waals surface area contributed by atoms with Crippen LogP contribution in [-0.2, 0) is 16.1 Å². The minimum atomic E-state index is -0.699. The molecule has 0 aromatic heterocycles. The highest BCUT2D eigenvalue weighted by molar-refractivity contribution is 5.13. The highest BCUT2D eigenvalue weighted by Crippen LogP contribution is 2.38. The van der Waals surface area contributed by atoms with Crippen molar-refractivity contribution in [3.05, 3.63) is 35.9 Å². The highest BCUT2D eigenvalue weighted by Gasteiger charge is 2.51. The highest BCUT2D eigenvalue weighted by atomic mass is 16.6. The second kappa shape index (κ2) is 6.09. The lowest BCUT2D eigenvalue weighted by molar-refractivity contribution is -0.304. The zero-order valence-electron chi connectivity index (χ0n) is 12.2. The van der Waals surface area contributed by atoms with E-state index in [1.54, 1.807) is 5.01 Å². The first kappa shape index (κ1) is 14.4. The number of aliphatic hydroxyl groups excluding tert-OH is 1. The first-order valence-corrected chi connectivity index (χ1v) is 7.30. The van der Waals surface area contributed by atoms with Gasteiger partial charge >= 0.3 is 0 Å². The molecule has 0 saturated carbocycles. The Morgan fingerprint density at radius 1 is 1.43 bits per heavy atom. The Labute approximate surface area is 124 Å². The maximum Gasteiger partial charge on any atom is 0.183 e. The maximum atomic E-state index is 9.60. The van der Waals surface area contributed by atoms with Crippen molar-refractivity contribution in [2.45, 2.75) is 37.8 Å². The van der Waals surface area contributed by atoms with Crippen molar-refractivity contribution in [1.82, 2.24) is 5.01 Å². The number of aliphatic hydroxyl groups is 1. The minimum absolute atomic E-state index is 0.00645. The molecular weight excluding hydrogens is 270 g/mol. The zero-order chi connectivity index (χ0) is 14.7. The fourth-order valence-electron chi connectivity index (χ4n) is 2.70. The van der Waals surface area contributed by atoms with E-state index in [0.29, 0.717) is 26.2 Å². The summed E-state index contributed by atoms with van der Waals surface area (Å²) in [6, 6.07) is 10.2. The van der Waals surface area contributed by atoms with Crippen LogP contribution in [0, 0.1) is 0 Å². The van der Waals surface area contributed by atoms with Gasteiger partial charge in [0.25, 0.3) is 0 Å². The summed E-state index contributed by atoms with van der Waals surface area (Å²) < 4.78 is 11.5. The molecule has 6 heteroatoms. The van der Waals surface area contributed by atoms with E-state index in [0.717, 1.165) is 5.56 Å². The molecule has 114 valence electrons. The van der Waals surface area contributed by atoms with Gasteiger partial charge in [0.05, 0.1) is 38.5 Å². The molecule has 3 atom stereocenters. The van der Waals surface area contributed by atoms with E-state index in [1.807, 2.05) is 37.3 Å². The van der Waals surface area contributed by atoms with Crippen LogP contribution < -0.4 is 0 Å². The van der Waals surface area contributed by atoms with E-state index in [2.05, 4.69) is 10.3 Å². The number of ether oxygens (including phenoxy) is 2. The molecule has 0 amide bonds. The van der Waals surface area contributed by atoms with Crippen LogP contribution in [0.1, 0.15) is 18.9 Å². The quantitative estimate of drug-likeness (QED) is 0.867. The predicted molar refractivity (Wildman–Crippen MR) is 76.4 cm³/mol. The predicted octanol–water partition coefficient (Wildman–Crippen LogP) is 1.75. The summed E-state index contributed by atoms with van der Waals surface area (Å²) in [5, 5.41) is 19.5. The van der Waals surface area contributed by atoms with Gasteiger partial charge in [-0.25, -0.2) is 5.01 Å². The third kappa shape index (κ3) is 3.07. The molecule has 0 spiro atoms. The van der Waals surface area contributed by atoms with E-state index in [1.165, 1.54) is 0 Å². The number of nitrogens with zero attached hydrogens (tertiary/aromatic N) is 3. The van der Waals surface area contributed by atoms with Crippen molar-refractivity contribution in [3.63, 3.8) is 0 Å². The van der Waals surface area contributed by atoms with Crippen molar-refractivity contribution in [3.8, 4) is 0 Å². The number of hydrogen-bond acceptors (Lipinski definition) is 6. The average molecular weight is 291 g/mol. The Hall–Kier alpha value is -1.50. The van der Waals surface area contributed by atoms with Gasteiger partial charge in [0.2, 0.25) is 0 Å². The second-order valence-corrected chi connectivity index (χ2v) is 5.69. The molecule has 3 unspecified atom stereocenters. The molecule has 2 aliphatic heterocycles. The summed E-state index contributed by atoms with van der Waals surface area (Å²) in [6.07, 6.45) is 0.719. The molecule has 0 bridgehead atoms.